The molecule has 0 saturated heterocycles. The van der Waals surface area contributed by atoms with Gasteiger partial charge in [0.25, 0.3) is 11.6 Å². The molecule has 0 unspecified atom stereocenters. The summed E-state index contributed by atoms with van der Waals surface area (Å²) < 4.78 is 10.5. The van der Waals surface area contributed by atoms with Crippen LogP contribution in [0.25, 0.3) is 0 Å². The van der Waals surface area contributed by atoms with Crippen molar-refractivity contribution in [1.82, 2.24) is 0 Å². The van der Waals surface area contributed by atoms with E-state index in [1.807, 2.05) is 31.2 Å². The molecule has 29 heavy (non-hydrogen) atoms. The van der Waals surface area contributed by atoms with Crippen LogP contribution in [0.5, 0.6) is 5.75 Å². The molecule has 0 aliphatic carbocycles. The Hall–Kier alpha value is -3.42. The summed E-state index contributed by atoms with van der Waals surface area (Å²) in [6.07, 6.45) is 0.541. The van der Waals surface area contributed by atoms with Crippen LogP contribution >= 0.6 is 0 Å². The molecule has 154 valence electrons. The van der Waals surface area contributed by atoms with Crippen molar-refractivity contribution in [2.45, 2.75) is 33.6 Å². The van der Waals surface area contributed by atoms with E-state index in [-0.39, 0.29) is 17.8 Å². The molecule has 0 atom stereocenters. The van der Waals surface area contributed by atoms with E-state index < -0.39 is 23.4 Å². The van der Waals surface area contributed by atoms with Gasteiger partial charge in [0.05, 0.1) is 11.5 Å². The standard InChI is InChI=1S/C21H24N2O6/c1-14-6-9-17(10-7-14)28-12-4-5-20(25)29-13-19(24)22-21-16(3)15(2)8-11-18(21)23(26)27/h6-11H,4-5,12-13H2,1-3H3,(H,22,24). The van der Waals surface area contributed by atoms with E-state index in [0.29, 0.717) is 18.6 Å². The number of nitro benzene ring substituents is 1. The van der Waals surface area contributed by atoms with Gasteiger partial charge in [-0.15, -0.1) is 0 Å². The lowest BCUT2D eigenvalue weighted by molar-refractivity contribution is -0.384. The first-order chi connectivity index (χ1) is 13.8. The summed E-state index contributed by atoms with van der Waals surface area (Å²) in [5, 5.41) is 13.6. The fourth-order valence-electron chi connectivity index (χ4n) is 2.55. The molecule has 0 heterocycles. The third-order valence-electron chi connectivity index (χ3n) is 4.35. The van der Waals surface area contributed by atoms with Crippen molar-refractivity contribution in [2.24, 2.45) is 0 Å². The van der Waals surface area contributed by atoms with Crippen LogP contribution in [0.15, 0.2) is 36.4 Å². The molecule has 0 bridgehead atoms. The number of carbonyl (C=O) groups excluding carboxylic acids is 2. The zero-order valence-electron chi connectivity index (χ0n) is 16.7. The van der Waals surface area contributed by atoms with Crippen LogP contribution in [0.4, 0.5) is 11.4 Å². The number of amides is 1. The van der Waals surface area contributed by atoms with Gasteiger partial charge >= 0.3 is 5.97 Å². The van der Waals surface area contributed by atoms with Gasteiger partial charge in [0.2, 0.25) is 0 Å². The molecule has 0 aliphatic heterocycles. The van der Waals surface area contributed by atoms with Gasteiger partial charge in [0.1, 0.15) is 11.4 Å². The maximum atomic E-state index is 12.1. The Morgan fingerprint density at radius 2 is 1.76 bits per heavy atom. The second kappa shape index (κ2) is 10.2. The van der Waals surface area contributed by atoms with Gasteiger partial charge in [-0.05, 0) is 50.5 Å². The van der Waals surface area contributed by atoms with Gasteiger partial charge in [0, 0.05) is 12.5 Å². The number of hydrogen-bond donors (Lipinski definition) is 1. The zero-order valence-corrected chi connectivity index (χ0v) is 16.7. The molecular formula is C21H24N2O6. The van der Waals surface area contributed by atoms with Crippen LogP contribution in [0.2, 0.25) is 0 Å². The highest BCUT2D eigenvalue weighted by Gasteiger charge is 2.20. The topological polar surface area (TPSA) is 108 Å². The monoisotopic (exact) mass is 400 g/mol. The number of carbonyl (C=O) groups is 2. The summed E-state index contributed by atoms with van der Waals surface area (Å²) >= 11 is 0. The molecule has 2 rings (SSSR count). The second-order valence-electron chi connectivity index (χ2n) is 6.63. The fourth-order valence-corrected chi connectivity index (χ4v) is 2.55. The third kappa shape index (κ3) is 6.60. The fraction of sp³-hybridized carbons (Fsp3) is 0.333. The van der Waals surface area contributed by atoms with Crippen molar-refractivity contribution in [3.8, 4) is 5.75 Å². The van der Waals surface area contributed by atoms with Crippen molar-refractivity contribution in [1.29, 1.82) is 0 Å². The number of ether oxygens (including phenoxy) is 2. The first kappa shape index (κ1) is 21.9. The molecule has 0 fully saturated rings. The van der Waals surface area contributed by atoms with Crippen LogP contribution < -0.4 is 10.1 Å². The minimum atomic E-state index is -0.633. The van der Waals surface area contributed by atoms with E-state index in [0.717, 1.165) is 16.9 Å². The zero-order chi connectivity index (χ0) is 21.4. The van der Waals surface area contributed by atoms with Gasteiger partial charge in [-0.2, -0.15) is 0 Å². The summed E-state index contributed by atoms with van der Waals surface area (Å²) in [5.74, 6) is -0.451. The first-order valence-corrected chi connectivity index (χ1v) is 9.17. The molecular weight excluding hydrogens is 376 g/mol. The van der Waals surface area contributed by atoms with Gasteiger partial charge in [-0.3, -0.25) is 19.7 Å². The quantitative estimate of drug-likeness (QED) is 0.296. The van der Waals surface area contributed by atoms with Crippen molar-refractivity contribution >= 4 is 23.3 Å². The molecule has 8 heteroatoms. The van der Waals surface area contributed by atoms with E-state index in [1.54, 1.807) is 19.9 Å². The lowest BCUT2D eigenvalue weighted by atomic mass is 10.1. The Morgan fingerprint density at radius 1 is 1.07 bits per heavy atom. The average Bonchev–Trinajstić information content (AvgIpc) is 2.68. The van der Waals surface area contributed by atoms with Crippen LogP contribution in [-0.2, 0) is 14.3 Å². The SMILES string of the molecule is Cc1ccc(OCCCC(=O)OCC(=O)Nc2c([N+](=O)[O-])ccc(C)c2C)cc1. The number of aryl methyl sites for hydroxylation is 2. The Balaban J connectivity index is 1.76. The highest BCUT2D eigenvalue weighted by molar-refractivity contribution is 5.96. The maximum Gasteiger partial charge on any atom is 0.306 e. The molecule has 2 aromatic carbocycles. The Morgan fingerprint density at radius 3 is 2.41 bits per heavy atom. The molecule has 1 amide bonds. The van der Waals surface area contributed by atoms with Gasteiger partial charge < -0.3 is 14.8 Å². The summed E-state index contributed by atoms with van der Waals surface area (Å²) in [5.41, 5.74) is 2.43. The van der Waals surface area contributed by atoms with Crippen molar-refractivity contribution in [3.63, 3.8) is 0 Å². The van der Waals surface area contributed by atoms with Crippen molar-refractivity contribution in [2.75, 3.05) is 18.5 Å². The van der Waals surface area contributed by atoms with E-state index >= 15 is 0 Å². The minimum absolute atomic E-state index is 0.1000. The Kier molecular flexibility index (Phi) is 7.70. The van der Waals surface area contributed by atoms with Crippen LogP contribution in [-0.4, -0.2) is 30.0 Å². The van der Waals surface area contributed by atoms with Crippen LogP contribution in [0, 0.1) is 30.9 Å². The normalized spacial score (nSPS) is 10.3. The summed E-state index contributed by atoms with van der Waals surface area (Å²) in [4.78, 5) is 34.4. The van der Waals surface area contributed by atoms with Gasteiger partial charge in [-0.25, -0.2) is 0 Å². The number of rotatable bonds is 9. The summed E-state index contributed by atoms with van der Waals surface area (Å²) in [7, 11) is 0. The molecule has 0 saturated carbocycles. The van der Waals surface area contributed by atoms with E-state index in [1.165, 1.54) is 6.07 Å². The highest BCUT2D eigenvalue weighted by atomic mass is 16.6. The Bertz CT molecular complexity index is 893. The number of nitrogens with zero attached hydrogens (tertiary/aromatic N) is 1. The lowest BCUT2D eigenvalue weighted by Gasteiger charge is -2.11. The van der Waals surface area contributed by atoms with Gasteiger partial charge in [0.15, 0.2) is 6.61 Å². The van der Waals surface area contributed by atoms with Crippen LogP contribution in [0.1, 0.15) is 29.5 Å². The number of esters is 1. The Labute approximate surface area is 169 Å². The molecule has 1 N–H and O–H groups in total. The summed E-state index contributed by atoms with van der Waals surface area (Å²) in [6.45, 7) is 5.28. The number of nitrogens with one attached hydrogen (secondary N) is 1. The van der Waals surface area contributed by atoms with E-state index in [2.05, 4.69) is 5.32 Å². The number of nitro groups is 1. The second-order valence-corrected chi connectivity index (χ2v) is 6.63. The predicted octanol–water partition coefficient (Wildman–Crippen LogP) is 3.86. The van der Waals surface area contributed by atoms with E-state index in [4.69, 9.17) is 9.47 Å². The average molecular weight is 400 g/mol. The predicted molar refractivity (Wildman–Crippen MR) is 108 cm³/mol. The molecule has 0 aliphatic rings. The molecule has 0 radical (unpaired) electrons. The van der Waals surface area contributed by atoms with Crippen molar-refractivity contribution in [3.05, 3.63) is 63.2 Å². The molecule has 2 aromatic rings. The third-order valence-corrected chi connectivity index (χ3v) is 4.35. The number of anilines is 1. The smallest absolute Gasteiger partial charge is 0.306 e. The number of hydrogen-bond acceptors (Lipinski definition) is 6. The largest absolute Gasteiger partial charge is 0.494 e. The van der Waals surface area contributed by atoms with Gasteiger partial charge in [-0.1, -0.05) is 23.8 Å². The summed E-state index contributed by atoms with van der Waals surface area (Å²) in [6, 6.07) is 10.5. The first-order valence-electron chi connectivity index (χ1n) is 9.17. The highest BCUT2D eigenvalue weighted by Crippen LogP contribution is 2.30. The molecule has 0 spiro atoms. The number of benzene rings is 2. The van der Waals surface area contributed by atoms with Crippen LogP contribution in [0.3, 0.4) is 0 Å². The van der Waals surface area contributed by atoms with E-state index in [9.17, 15) is 19.7 Å². The molecule has 8 nitrogen and oxygen atoms in total. The van der Waals surface area contributed by atoms with Crippen molar-refractivity contribution < 1.29 is 24.0 Å². The minimum Gasteiger partial charge on any atom is -0.494 e. The molecule has 0 aromatic heterocycles. The maximum absolute atomic E-state index is 12.1. The lowest BCUT2D eigenvalue weighted by Crippen LogP contribution is -2.22.